The van der Waals surface area contributed by atoms with Gasteiger partial charge in [-0.25, -0.2) is 0 Å². The maximum absolute atomic E-state index is 12.5. The average molecular weight is 1050 g/mol. The Labute approximate surface area is 468 Å². The number of allylic oxidation sites excluding steroid dienone is 4. The molecule has 0 aliphatic heterocycles. The van der Waals surface area contributed by atoms with Crippen LogP contribution in [0.1, 0.15) is 367 Å². The van der Waals surface area contributed by atoms with E-state index < -0.39 is 12.1 Å². The van der Waals surface area contributed by atoms with Crippen LogP contribution in [0.5, 0.6) is 0 Å². The van der Waals surface area contributed by atoms with Gasteiger partial charge < -0.3 is 20.3 Å². The Hall–Kier alpha value is -1.92. The molecule has 0 fully saturated rings. The lowest BCUT2D eigenvalue weighted by Gasteiger charge is -2.20. The number of amides is 1. The molecule has 0 saturated carbocycles. The average Bonchev–Trinajstić information content (AvgIpc) is 3.41. The summed E-state index contributed by atoms with van der Waals surface area (Å²) >= 11 is 0. The molecule has 0 heterocycles. The topological polar surface area (TPSA) is 95.9 Å². The van der Waals surface area contributed by atoms with Crippen LogP contribution in [0.3, 0.4) is 0 Å². The number of unbranched alkanes of at least 4 members (excludes halogenated alkanes) is 48. The van der Waals surface area contributed by atoms with E-state index in [1.165, 1.54) is 289 Å². The third-order valence-electron chi connectivity index (χ3n) is 15.7. The van der Waals surface area contributed by atoms with E-state index in [0.717, 1.165) is 51.4 Å². The summed E-state index contributed by atoms with van der Waals surface area (Å²) in [6.45, 7) is 4.83. The molecule has 0 aliphatic rings. The van der Waals surface area contributed by atoms with E-state index in [1.807, 2.05) is 6.08 Å². The van der Waals surface area contributed by atoms with Crippen molar-refractivity contribution in [2.45, 2.75) is 379 Å². The fourth-order valence-electron chi connectivity index (χ4n) is 10.5. The van der Waals surface area contributed by atoms with Crippen LogP contribution < -0.4 is 5.32 Å². The summed E-state index contributed by atoms with van der Waals surface area (Å²) < 4.78 is 5.44. The molecule has 0 radical (unpaired) electrons. The lowest BCUT2D eigenvalue weighted by atomic mass is 10.0. The molecule has 0 rings (SSSR count). The van der Waals surface area contributed by atoms with E-state index >= 15 is 0 Å². The van der Waals surface area contributed by atoms with Crippen molar-refractivity contribution in [1.82, 2.24) is 5.32 Å². The summed E-state index contributed by atoms with van der Waals surface area (Å²) in [6, 6.07) is -0.633. The second kappa shape index (κ2) is 64.6. The van der Waals surface area contributed by atoms with Gasteiger partial charge in [-0.15, -0.1) is 0 Å². The molecule has 442 valence electrons. The first-order valence-electron chi connectivity index (χ1n) is 33.8. The van der Waals surface area contributed by atoms with Gasteiger partial charge in [0.1, 0.15) is 0 Å². The fraction of sp³-hybridized carbons (Fsp3) is 0.884. The van der Waals surface area contributed by atoms with Gasteiger partial charge in [-0.1, -0.05) is 339 Å². The van der Waals surface area contributed by atoms with E-state index in [0.29, 0.717) is 19.4 Å². The Morgan fingerprint density at radius 2 is 0.667 bits per heavy atom. The van der Waals surface area contributed by atoms with Crippen molar-refractivity contribution in [3.8, 4) is 0 Å². The number of nitrogens with one attached hydrogen (secondary N) is 1. The number of aliphatic hydroxyl groups is 2. The highest BCUT2D eigenvalue weighted by molar-refractivity contribution is 5.76. The quantitative estimate of drug-likeness (QED) is 0.0320. The minimum atomic E-state index is -0.849. The summed E-state index contributed by atoms with van der Waals surface area (Å²) in [7, 11) is 0. The molecule has 0 aromatic carbocycles. The molecule has 75 heavy (non-hydrogen) atoms. The Kier molecular flexibility index (Phi) is 63.0. The van der Waals surface area contributed by atoms with Gasteiger partial charge in [0.2, 0.25) is 5.91 Å². The van der Waals surface area contributed by atoms with Gasteiger partial charge in [0, 0.05) is 12.8 Å². The summed E-state index contributed by atoms with van der Waals surface area (Å²) in [5.41, 5.74) is 0. The van der Waals surface area contributed by atoms with E-state index in [4.69, 9.17) is 4.74 Å². The zero-order chi connectivity index (χ0) is 54.3. The molecule has 0 saturated heterocycles. The zero-order valence-electron chi connectivity index (χ0n) is 50.5. The third kappa shape index (κ3) is 61.2. The van der Waals surface area contributed by atoms with E-state index in [1.54, 1.807) is 6.08 Å². The number of carbonyl (C=O) groups excluding carboxylic acids is 2. The van der Waals surface area contributed by atoms with Crippen molar-refractivity contribution >= 4 is 11.9 Å². The van der Waals surface area contributed by atoms with Gasteiger partial charge >= 0.3 is 5.97 Å². The highest BCUT2D eigenvalue weighted by Gasteiger charge is 2.18. The van der Waals surface area contributed by atoms with E-state index in [2.05, 4.69) is 43.5 Å². The summed E-state index contributed by atoms with van der Waals surface area (Å²) in [5, 5.41) is 23.2. The summed E-state index contributed by atoms with van der Waals surface area (Å²) in [4.78, 5) is 24.6. The second-order valence-corrected chi connectivity index (χ2v) is 23.2. The number of hydrogen-bond acceptors (Lipinski definition) is 5. The molecule has 0 aromatic heterocycles. The summed E-state index contributed by atoms with van der Waals surface area (Å²) in [5.74, 6) is -0.101. The van der Waals surface area contributed by atoms with Crippen LogP contribution in [0.4, 0.5) is 0 Å². The summed E-state index contributed by atoms with van der Waals surface area (Å²) in [6.07, 6.45) is 82.2. The lowest BCUT2D eigenvalue weighted by molar-refractivity contribution is -0.143. The van der Waals surface area contributed by atoms with Gasteiger partial charge in [-0.05, 0) is 51.4 Å². The van der Waals surface area contributed by atoms with E-state index in [9.17, 15) is 19.8 Å². The zero-order valence-corrected chi connectivity index (χ0v) is 50.5. The van der Waals surface area contributed by atoms with Gasteiger partial charge in [0.05, 0.1) is 25.4 Å². The third-order valence-corrected chi connectivity index (χ3v) is 15.7. The second-order valence-electron chi connectivity index (χ2n) is 23.2. The van der Waals surface area contributed by atoms with Crippen LogP contribution in [-0.4, -0.2) is 47.4 Å². The smallest absolute Gasteiger partial charge is 0.305 e. The Morgan fingerprint density at radius 3 is 1.01 bits per heavy atom. The number of hydrogen-bond donors (Lipinski definition) is 3. The highest BCUT2D eigenvalue weighted by atomic mass is 16.5. The molecule has 0 spiro atoms. The molecule has 2 atom stereocenters. The van der Waals surface area contributed by atoms with Crippen LogP contribution in [0.2, 0.25) is 0 Å². The molecule has 0 aromatic rings. The number of rotatable bonds is 63. The van der Waals surface area contributed by atoms with Crippen molar-refractivity contribution in [2.24, 2.45) is 0 Å². The molecular formula is C69H131NO5. The highest BCUT2D eigenvalue weighted by Crippen LogP contribution is 2.18. The largest absolute Gasteiger partial charge is 0.465 e. The van der Waals surface area contributed by atoms with Gasteiger partial charge in [-0.2, -0.15) is 0 Å². The number of aliphatic hydroxyl groups excluding tert-OH is 2. The maximum atomic E-state index is 12.5. The molecular weight excluding hydrogens is 923 g/mol. The monoisotopic (exact) mass is 1050 g/mol. The molecule has 1 amide bonds. The molecule has 2 unspecified atom stereocenters. The lowest BCUT2D eigenvalue weighted by Crippen LogP contribution is -2.45. The first kappa shape index (κ1) is 73.1. The van der Waals surface area contributed by atoms with Crippen LogP contribution in [0, 0.1) is 0 Å². The van der Waals surface area contributed by atoms with Gasteiger partial charge in [0.25, 0.3) is 0 Å². The molecule has 3 N–H and O–H groups in total. The van der Waals surface area contributed by atoms with Crippen LogP contribution in [-0.2, 0) is 14.3 Å². The number of ether oxygens (including phenoxy) is 1. The first-order chi connectivity index (χ1) is 37.0. The fourth-order valence-corrected chi connectivity index (χ4v) is 10.5. The van der Waals surface area contributed by atoms with Crippen molar-refractivity contribution in [3.05, 3.63) is 36.5 Å². The predicted molar refractivity (Wildman–Crippen MR) is 329 cm³/mol. The van der Waals surface area contributed by atoms with Crippen LogP contribution in [0.15, 0.2) is 36.5 Å². The predicted octanol–water partition coefficient (Wildman–Crippen LogP) is 21.5. The Morgan fingerprint density at radius 1 is 0.373 bits per heavy atom. The van der Waals surface area contributed by atoms with Crippen molar-refractivity contribution in [1.29, 1.82) is 0 Å². The molecule has 0 bridgehead atoms. The van der Waals surface area contributed by atoms with Gasteiger partial charge in [0.15, 0.2) is 0 Å². The molecule has 6 nitrogen and oxygen atoms in total. The van der Waals surface area contributed by atoms with Crippen LogP contribution in [0.25, 0.3) is 0 Å². The minimum Gasteiger partial charge on any atom is -0.465 e. The number of carbonyl (C=O) groups is 2. The normalized spacial score (nSPS) is 12.7. The Bertz CT molecular complexity index is 1210. The van der Waals surface area contributed by atoms with Crippen molar-refractivity contribution in [3.63, 3.8) is 0 Å². The molecule has 6 heteroatoms. The maximum Gasteiger partial charge on any atom is 0.305 e. The number of esters is 1. The van der Waals surface area contributed by atoms with Gasteiger partial charge in [-0.3, -0.25) is 9.59 Å². The van der Waals surface area contributed by atoms with Crippen molar-refractivity contribution in [2.75, 3.05) is 13.2 Å². The SMILES string of the molecule is CCCCCCCCCCCCCCCCCCC/C=C/C(O)C(CO)NC(=O)CCCCCCCCCCCCCCCC/C=C\C/C=C\CCOC(=O)CCCCCCCCCCCCCCCCCCCC. The first-order valence-corrected chi connectivity index (χ1v) is 33.8. The Balaban J connectivity index is 3.46. The van der Waals surface area contributed by atoms with Crippen LogP contribution >= 0.6 is 0 Å². The molecule has 0 aliphatic carbocycles. The minimum absolute atomic E-state index is 0.0310. The van der Waals surface area contributed by atoms with Crippen molar-refractivity contribution < 1.29 is 24.5 Å². The van der Waals surface area contributed by atoms with E-state index in [-0.39, 0.29) is 18.5 Å². The standard InChI is InChI=1S/C69H131NO5/c1-3-5-7-9-11-13-15-17-19-21-26-29-33-37-41-45-49-53-57-61-67(72)66(65-71)70-68(73)62-58-54-50-46-42-38-34-30-27-24-23-25-28-32-36-40-44-48-52-56-60-64-75-69(74)63-59-55-51-47-43-39-35-31-22-20-18-16-14-12-10-8-6-4-2/h40,44,52,56-57,61,66-67,71-72H,3-39,41-43,45-51,53-55,58-60,62-65H2,1-2H3,(H,70,73)/b44-40-,56-52-,61-57+.